The zero-order chi connectivity index (χ0) is 18.7. The molecule has 0 aliphatic rings. The summed E-state index contributed by atoms with van der Waals surface area (Å²) in [6.07, 6.45) is 0.650. The highest BCUT2D eigenvalue weighted by Gasteiger charge is 2.23. The highest BCUT2D eigenvalue weighted by Crippen LogP contribution is 2.23. The van der Waals surface area contributed by atoms with Crippen LogP contribution in [0.4, 0.5) is 10.6 Å². The van der Waals surface area contributed by atoms with Crippen LogP contribution in [0.2, 0.25) is 5.02 Å². The summed E-state index contributed by atoms with van der Waals surface area (Å²) >= 11 is 9.26. The fourth-order valence-corrected chi connectivity index (χ4v) is 2.89. The molecule has 2 aromatic rings. The van der Waals surface area contributed by atoms with Crippen LogP contribution >= 0.6 is 27.5 Å². The van der Waals surface area contributed by atoms with E-state index in [1.807, 2.05) is 6.07 Å². The highest BCUT2D eigenvalue weighted by atomic mass is 79.9. The predicted octanol–water partition coefficient (Wildman–Crippen LogP) is 3.21. The van der Waals surface area contributed by atoms with E-state index in [4.69, 9.17) is 16.9 Å². The Balaban J connectivity index is 2.20. The Hall–Kier alpha value is -2.37. The number of carbonyl (C=O) groups excluding carboxylic acids is 2. The molecule has 1 aromatic heterocycles. The van der Waals surface area contributed by atoms with Gasteiger partial charge in [-0.05, 0) is 33.6 Å². The highest BCUT2D eigenvalue weighted by molar-refractivity contribution is 9.10. The van der Waals surface area contributed by atoms with E-state index >= 15 is 0 Å². The first-order chi connectivity index (χ1) is 11.8. The summed E-state index contributed by atoms with van der Waals surface area (Å²) in [5.41, 5.74) is 1.45. The Kier molecular flexibility index (Phi) is 5.82. The van der Waals surface area contributed by atoms with E-state index in [1.165, 1.54) is 9.80 Å². The molecule has 0 atom stereocenters. The lowest BCUT2D eigenvalue weighted by Crippen LogP contribution is -2.39. The number of anilines is 1. The molecule has 0 fully saturated rings. The fourth-order valence-electron chi connectivity index (χ4n) is 2.28. The number of amides is 2. The summed E-state index contributed by atoms with van der Waals surface area (Å²) in [6.45, 7) is 0.291. The molecule has 0 aliphatic heterocycles. The summed E-state index contributed by atoms with van der Waals surface area (Å²) in [6, 6.07) is 6.65. The molecular weight excluding hydrogens is 410 g/mol. The van der Waals surface area contributed by atoms with Crippen molar-refractivity contribution < 1.29 is 9.59 Å². The first-order valence-corrected chi connectivity index (χ1v) is 8.32. The maximum Gasteiger partial charge on any atom is 0.325 e. The van der Waals surface area contributed by atoms with Crippen molar-refractivity contribution in [2.45, 2.75) is 6.54 Å². The number of imidazole rings is 1. The number of hydrogen-bond donors (Lipinski definition) is 0. The summed E-state index contributed by atoms with van der Waals surface area (Å²) in [7, 11) is 4.85. The number of carbonyl (C=O) groups is 2. The normalized spacial score (nSPS) is 10.2. The molecule has 0 saturated heterocycles. The molecule has 25 heavy (non-hydrogen) atoms. The van der Waals surface area contributed by atoms with Gasteiger partial charge in [-0.2, -0.15) is 5.26 Å². The van der Waals surface area contributed by atoms with Crippen molar-refractivity contribution >= 4 is 45.7 Å². The van der Waals surface area contributed by atoms with E-state index in [0.717, 1.165) is 5.56 Å². The third kappa shape index (κ3) is 3.83. The van der Waals surface area contributed by atoms with Crippen molar-refractivity contribution in [2.24, 2.45) is 7.05 Å². The summed E-state index contributed by atoms with van der Waals surface area (Å²) in [5.74, 6) is 0.263. The maximum absolute atomic E-state index is 12.6. The van der Waals surface area contributed by atoms with E-state index < -0.39 is 0 Å². The van der Waals surface area contributed by atoms with Crippen LogP contribution in [0.25, 0.3) is 0 Å². The van der Waals surface area contributed by atoms with E-state index in [9.17, 15) is 9.59 Å². The molecule has 2 amide bonds. The monoisotopic (exact) mass is 423 g/mol. The quantitative estimate of drug-likeness (QED) is 0.706. The standard InChI is InChI=1S/C16H15BrClN5O2/c1-21(8-10-4-5-11(7-19)12(18)6-10)16(25)23(3)14-13(9-24)22(2)15(17)20-14/h4-6,9H,8H2,1-3H3. The maximum atomic E-state index is 12.6. The van der Waals surface area contributed by atoms with Crippen molar-refractivity contribution in [3.05, 3.63) is 44.8 Å². The van der Waals surface area contributed by atoms with Gasteiger partial charge in [0.2, 0.25) is 0 Å². The number of hydrogen-bond acceptors (Lipinski definition) is 4. The van der Waals surface area contributed by atoms with Gasteiger partial charge in [0.15, 0.2) is 16.8 Å². The van der Waals surface area contributed by atoms with E-state index in [-0.39, 0.29) is 17.5 Å². The van der Waals surface area contributed by atoms with Crippen molar-refractivity contribution in [2.75, 3.05) is 19.0 Å². The summed E-state index contributed by atoms with van der Waals surface area (Å²) in [5, 5.41) is 9.24. The Morgan fingerprint density at radius 3 is 2.72 bits per heavy atom. The smallest absolute Gasteiger partial charge is 0.323 e. The molecule has 0 aliphatic carbocycles. The number of nitriles is 1. The molecule has 0 bridgehead atoms. The molecule has 0 N–H and O–H groups in total. The number of rotatable bonds is 4. The van der Waals surface area contributed by atoms with Crippen LogP contribution in [0.3, 0.4) is 0 Å². The predicted molar refractivity (Wildman–Crippen MR) is 97.7 cm³/mol. The summed E-state index contributed by atoms with van der Waals surface area (Å²) in [4.78, 5) is 30.9. The molecule has 0 unspecified atom stereocenters. The van der Waals surface area contributed by atoms with Gasteiger partial charge in [0.05, 0.1) is 10.6 Å². The van der Waals surface area contributed by atoms with Gasteiger partial charge in [-0.3, -0.25) is 9.69 Å². The van der Waals surface area contributed by atoms with Crippen LogP contribution in [0.5, 0.6) is 0 Å². The molecule has 7 nitrogen and oxygen atoms in total. The Morgan fingerprint density at radius 2 is 2.16 bits per heavy atom. The average Bonchev–Trinajstić information content (AvgIpc) is 2.88. The molecule has 2 rings (SSSR count). The minimum atomic E-state index is -0.339. The number of urea groups is 1. The van der Waals surface area contributed by atoms with E-state index in [0.29, 0.717) is 28.2 Å². The van der Waals surface area contributed by atoms with Gasteiger partial charge in [-0.15, -0.1) is 0 Å². The zero-order valence-corrected chi connectivity index (χ0v) is 16.2. The average molecular weight is 425 g/mol. The van der Waals surface area contributed by atoms with Gasteiger partial charge in [0, 0.05) is 27.7 Å². The second-order valence-corrected chi connectivity index (χ2v) is 6.51. The van der Waals surface area contributed by atoms with Gasteiger partial charge >= 0.3 is 6.03 Å². The number of aldehydes is 1. The molecule has 0 saturated carbocycles. The SMILES string of the molecule is CN(Cc1ccc(C#N)c(Cl)c1)C(=O)N(C)c1nc(Br)n(C)c1C=O. The second kappa shape index (κ2) is 7.68. The molecule has 0 radical (unpaired) electrons. The Labute approximate surface area is 158 Å². The lowest BCUT2D eigenvalue weighted by molar-refractivity contribution is 0.111. The van der Waals surface area contributed by atoms with Gasteiger partial charge in [0.25, 0.3) is 0 Å². The lowest BCUT2D eigenvalue weighted by Gasteiger charge is -2.24. The van der Waals surface area contributed by atoms with Crippen molar-refractivity contribution in [1.29, 1.82) is 5.26 Å². The fraction of sp³-hybridized carbons (Fsp3) is 0.250. The van der Waals surface area contributed by atoms with Crippen LogP contribution in [0.15, 0.2) is 22.9 Å². The third-order valence-corrected chi connectivity index (χ3v) is 4.70. The lowest BCUT2D eigenvalue weighted by atomic mass is 10.1. The molecule has 9 heteroatoms. The largest absolute Gasteiger partial charge is 0.325 e. The molecule has 0 spiro atoms. The first kappa shape index (κ1) is 19.0. The van der Waals surface area contributed by atoms with Gasteiger partial charge < -0.3 is 9.47 Å². The minimum absolute atomic E-state index is 0.263. The van der Waals surface area contributed by atoms with E-state index in [1.54, 1.807) is 43.9 Å². The number of halogens is 2. The van der Waals surface area contributed by atoms with E-state index in [2.05, 4.69) is 20.9 Å². The van der Waals surface area contributed by atoms with Gasteiger partial charge in [-0.1, -0.05) is 17.7 Å². The van der Waals surface area contributed by atoms with Crippen LogP contribution in [-0.2, 0) is 13.6 Å². The molecule has 130 valence electrons. The second-order valence-electron chi connectivity index (χ2n) is 5.39. The van der Waals surface area contributed by atoms with Crippen LogP contribution in [-0.4, -0.2) is 40.9 Å². The number of nitrogens with zero attached hydrogens (tertiary/aromatic N) is 5. The Morgan fingerprint density at radius 1 is 1.48 bits per heavy atom. The number of benzene rings is 1. The topological polar surface area (TPSA) is 82.2 Å². The first-order valence-electron chi connectivity index (χ1n) is 7.14. The third-order valence-electron chi connectivity index (χ3n) is 3.68. The zero-order valence-electron chi connectivity index (χ0n) is 13.8. The molecular formula is C16H15BrClN5O2. The van der Waals surface area contributed by atoms with Crippen molar-refractivity contribution in [3.8, 4) is 6.07 Å². The number of aromatic nitrogens is 2. The van der Waals surface area contributed by atoms with Gasteiger partial charge in [-0.25, -0.2) is 9.78 Å². The van der Waals surface area contributed by atoms with Crippen molar-refractivity contribution in [3.63, 3.8) is 0 Å². The summed E-state index contributed by atoms with van der Waals surface area (Å²) < 4.78 is 2.00. The Bertz CT molecular complexity index is 874. The van der Waals surface area contributed by atoms with Gasteiger partial charge in [0.1, 0.15) is 11.8 Å². The molecule has 1 heterocycles. The molecule has 1 aromatic carbocycles. The van der Waals surface area contributed by atoms with Crippen LogP contribution in [0, 0.1) is 11.3 Å². The van der Waals surface area contributed by atoms with Crippen LogP contribution < -0.4 is 4.90 Å². The van der Waals surface area contributed by atoms with Crippen LogP contribution in [0.1, 0.15) is 21.6 Å². The minimum Gasteiger partial charge on any atom is -0.323 e. The van der Waals surface area contributed by atoms with Crippen molar-refractivity contribution in [1.82, 2.24) is 14.5 Å².